The molecule has 3 aromatic rings. The maximum Gasteiger partial charge on any atom is 0.247 e. The van der Waals surface area contributed by atoms with Crippen molar-refractivity contribution in [1.82, 2.24) is 20.4 Å². The number of thioether (sulfide) groups is 1. The van der Waals surface area contributed by atoms with Gasteiger partial charge in [0.25, 0.3) is 0 Å². The van der Waals surface area contributed by atoms with E-state index in [1.807, 2.05) is 38.1 Å². The molecule has 0 fully saturated rings. The molecule has 0 aliphatic rings. The third-order valence-corrected chi connectivity index (χ3v) is 5.19. The van der Waals surface area contributed by atoms with Gasteiger partial charge < -0.3 is 14.5 Å². The molecule has 0 unspecified atom stereocenters. The second-order valence-corrected chi connectivity index (χ2v) is 7.40. The second kappa shape index (κ2) is 7.63. The molecule has 126 valence electrons. The summed E-state index contributed by atoms with van der Waals surface area (Å²) < 4.78 is 11.8. The highest BCUT2D eigenvalue weighted by Crippen LogP contribution is 2.37. The van der Waals surface area contributed by atoms with Gasteiger partial charge >= 0.3 is 0 Å². The Balaban J connectivity index is 1.69. The van der Waals surface area contributed by atoms with Crippen molar-refractivity contribution >= 4 is 28.2 Å². The molecular formula is C15H17N5O2S2. The lowest BCUT2D eigenvalue weighted by Gasteiger charge is -2.02. The average Bonchev–Trinajstić information content (AvgIpc) is 3.25. The minimum Gasteiger partial charge on any atom is -0.497 e. The van der Waals surface area contributed by atoms with Gasteiger partial charge in [-0.2, -0.15) is 0 Å². The van der Waals surface area contributed by atoms with E-state index in [4.69, 9.17) is 9.15 Å². The Morgan fingerprint density at radius 2 is 2.00 bits per heavy atom. The average molecular weight is 363 g/mol. The number of methoxy groups -OCH3 is 1. The normalized spacial score (nSPS) is 12.1. The van der Waals surface area contributed by atoms with E-state index in [0.717, 1.165) is 27.3 Å². The summed E-state index contributed by atoms with van der Waals surface area (Å²) >= 11 is 3.06. The number of hydrogen-bond acceptors (Lipinski definition) is 9. The Labute approximate surface area is 147 Å². The topological polar surface area (TPSA) is 86.0 Å². The summed E-state index contributed by atoms with van der Waals surface area (Å²) in [5.41, 5.74) is 0.858. The molecule has 3 rings (SSSR count). The van der Waals surface area contributed by atoms with Crippen LogP contribution in [-0.4, -0.2) is 34.0 Å². The molecule has 1 aromatic carbocycles. The summed E-state index contributed by atoms with van der Waals surface area (Å²) in [5.74, 6) is 1.84. The molecule has 0 spiro atoms. The van der Waals surface area contributed by atoms with E-state index in [1.165, 1.54) is 11.3 Å². The molecule has 9 heteroatoms. The minimum absolute atomic E-state index is 0.00748. The number of ether oxygens (including phenoxy) is 1. The number of anilines is 1. The molecule has 0 saturated heterocycles. The zero-order valence-electron chi connectivity index (χ0n) is 13.5. The van der Waals surface area contributed by atoms with Crippen LogP contribution < -0.4 is 10.1 Å². The second-order valence-electron chi connectivity index (χ2n) is 4.84. The molecule has 24 heavy (non-hydrogen) atoms. The van der Waals surface area contributed by atoms with Crippen molar-refractivity contribution in [3.05, 3.63) is 30.2 Å². The molecule has 0 aliphatic heterocycles. The fraction of sp³-hybridized carbons (Fsp3) is 0.333. The summed E-state index contributed by atoms with van der Waals surface area (Å²) in [6, 6.07) is 7.50. The van der Waals surface area contributed by atoms with Gasteiger partial charge in [0.1, 0.15) is 5.75 Å². The summed E-state index contributed by atoms with van der Waals surface area (Å²) in [5, 5.41) is 20.5. The molecule has 7 nitrogen and oxygen atoms in total. The van der Waals surface area contributed by atoms with Crippen molar-refractivity contribution in [2.75, 3.05) is 19.0 Å². The molecule has 2 heterocycles. The minimum atomic E-state index is -0.00748. The predicted molar refractivity (Wildman–Crippen MR) is 94.6 cm³/mol. The van der Waals surface area contributed by atoms with Gasteiger partial charge in [0.2, 0.25) is 16.9 Å². The maximum atomic E-state index is 5.79. The van der Waals surface area contributed by atoms with Crippen LogP contribution in [0.5, 0.6) is 5.75 Å². The molecule has 0 saturated carbocycles. The summed E-state index contributed by atoms with van der Waals surface area (Å²) in [4.78, 5) is 0. The molecule has 1 N–H and O–H groups in total. The van der Waals surface area contributed by atoms with Gasteiger partial charge in [0.15, 0.2) is 4.34 Å². The Bertz CT molecular complexity index is 787. The smallest absolute Gasteiger partial charge is 0.247 e. The summed E-state index contributed by atoms with van der Waals surface area (Å²) in [7, 11) is 1.63. The lowest BCUT2D eigenvalue weighted by molar-refractivity contribution is 0.415. The standard InChI is InChI=1S/C15H17N5O2S2/c1-4-16-14-19-20-15(24-14)23-9(2)12-17-18-13(22-12)10-5-7-11(21-3)8-6-10/h5-9H,4H2,1-3H3,(H,16,19)/t9-/m1/s1. The largest absolute Gasteiger partial charge is 0.497 e. The van der Waals surface area contributed by atoms with Gasteiger partial charge in [0, 0.05) is 12.1 Å². The number of benzene rings is 1. The van der Waals surface area contributed by atoms with Gasteiger partial charge in [-0.25, -0.2) is 0 Å². The van der Waals surface area contributed by atoms with Crippen LogP contribution in [0.3, 0.4) is 0 Å². The molecule has 0 radical (unpaired) electrons. The maximum absolute atomic E-state index is 5.79. The highest BCUT2D eigenvalue weighted by atomic mass is 32.2. The first kappa shape index (κ1) is 16.7. The van der Waals surface area contributed by atoms with E-state index in [9.17, 15) is 0 Å². The third-order valence-electron chi connectivity index (χ3n) is 3.14. The van der Waals surface area contributed by atoms with E-state index < -0.39 is 0 Å². The van der Waals surface area contributed by atoms with Crippen molar-refractivity contribution < 1.29 is 9.15 Å². The molecule has 1 atom stereocenters. The van der Waals surface area contributed by atoms with Crippen LogP contribution in [0.2, 0.25) is 0 Å². The van der Waals surface area contributed by atoms with Crippen molar-refractivity contribution in [2.24, 2.45) is 0 Å². The quantitative estimate of drug-likeness (QED) is 0.633. The van der Waals surface area contributed by atoms with Gasteiger partial charge in [0.05, 0.1) is 12.4 Å². The molecule has 2 aromatic heterocycles. The molecule has 0 bridgehead atoms. The monoisotopic (exact) mass is 363 g/mol. The summed E-state index contributed by atoms with van der Waals surface area (Å²) in [6.45, 7) is 4.85. The van der Waals surface area contributed by atoms with Crippen molar-refractivity contribution in [1.29, 1.82) is 0 Å². The number of aromatic nitrogens is 4. The molecular weight excluding hydrogens is 346 g/mol. The third kappa shape index (κ3) is 3.85. The van der Waals surface area contributed by atoms with Gasteiger partial charge in [-0.05, 0) is 38.1 Å². The van der Waals surface area contributed by atoms with Crippen molar-refractivity contribution in [2.45, 2.75) is 23.4 Å². The van der Waals surface area contributed by atoms with E-state index in [2.05, 4.69) is 25.7 Å². The van der Waals surface area contributed by atoms with E-state index >= 15 is 0 Å². The molecule has 0 aliphatic carbocycles. The lowest BCUT2D eigenvalue weighted by Crippen LogP contribution is -1.94. The van der Waals surface area contributed by atoms with Crippen LogP contribution in [0, 0.1) is 0 Å². The van der Waals surface area contributed by atoms with Gasteiger partial charge in [-0.3, -0.25) is 0 Å². The van der Waals surface area contributed by atoms with Crippen molar-refractivity contribution in [3.63, 3.8) is 0 Å². The fourth-order valence-electron chi connectivity index (χ4n) is 1.93. The van der Waals surface area contributed by atoms with Crippen LogP contribution in [0.25, 0.3) is 11.5 Å². The van der Waals surface area contributed by atoms with Crippen molar-refractivity contribution in [3.8, 4) is 17.2 Å². The Morgan fingerprint density at radius 3 is 2.71 bits per heavy atom. The Hall–Kier alpha value is -2.13. The van der Waals surface area contributed by atoms with Crippen LogP contribution in [-0.2, 0) is 0 Å². The highest BCUT2D eigenvalue weighted by Gasteiger charge is 2.18. The van der Waals surface area contributed by atoms with Gasteiger partial charge in [-0.1, -0.05) is 23.1 Å². The van der Waals surface area contributed by atoms with E-state index in [0.29, 0.717) is 11.8 Å². The number of nitrogens with zero attached hydrogens (tertiary/aromatic N) is 4. The first-order valence-electron chi connectivity index (χ1n) is 7.41. The SMILES string of the molecule is CCNc1nnc(S[C@H](C)c2nnc(-c3ccc(OC)cc3)o2)s1. The first-order chi connectivity index (χ1) is 11.7. The fourth-order valence-corrected chi connectivity index (χ4v) is 3.92. The van der Waals surface area contributed by atoms with E-state index in [1.54, 1.807) is 18.9 Å². The first-order valence-corrected chi connectivity index (χ1v) is 9.11. The van der Waals surface area contributed by atoms with E-state index in [-0.39, 0.29) is 5.25 Å². The van der Waals surface area contributed by atoms with Gasteiger partial charge in [-0.15, -0.1) is 20.4 Å². The predicted octanol–water partition coefficient (Wildman–Crippen LogP) is 3.88. The Kier molecular flexibility index (Phi) is 5.31. The van der Waals surface area contributed by atoms with Crippen LogP contribution >= 0.6 is 23.1 Å². The lowest BCUT2D eigenvalue weighted by atomic mass is 10.2. The summed E-state index contributed by atoms with van der Waals surface area (Å²) in [6.07, 6.45) is 0. The zero-order valence-corrected chi connectivity index (χ0v) is 15.1. The Morgan fingerprint density at radius 1 is 1.21 bits per heavy atom. The number of nitrogens with one attached hydrogen (secondary N) is 1. The van der Waals surface area contributed by atoms with Crippen LogP contribution in [0.1, 0.15) is 25.0 Å². The molecule has 0 amide bonds. The number of hydrogen-bond donors (Lipinski definition) is 1. The number of rotatable bonds is 7. The zero-order chi connectivity index (χ0) is 16.9. The highest BCUT2D eigenvalue weighted by molar-refractivity contribution is 8.01. The van der Waals surface area contributed by atoms with Crippen LogP contribution in [0.4, 0.5) is 5.13 Å². The van der Waals surface area contributed by atoms with Crippen LogP contribution in [0.15, 0.2) is 33.0 Å².